The Hall–Kier alpha value is -2.64. The van der Waals surface area contributed by atoms with Gasteiger partial charge in [0.1, 0.15) is 5.75 Å². The molecular weight excluding hydrogens is 342 g/mol. The zero-order valence-electron chi connectivity index (χ0n) is 15.6. The summed E-state index contributed by atoms with van der Waals surface area (Å²) in [4.78, 5) is 2.43. The van der Waals surface area contributed by atoms with Gasteiger partial charge in [-0.3, -0.25) is 14.3 Å². The molecule has 142 valence electrons. The summed E-state index contributed by atoms with van der Waals surface area (Å²) in [5.41, 5.74) is 4.30. The Labute approximate surface area is 158 Å². The highest BCUT2D eigenvalue weighted by Crippen LogP contribution is 2.23. The second-order valence-electron chi connectivity index (χ2n) is 6.92. The predicted octanol–water partition coefficient (Wildman–Crippen LogP) is 2.03. The lowest BCUT2D eigenvalue weighted by Crippen LogP contribution is -2.23. The van der Waals surface area contributed by atoms with E-state index in [0.717, 1.165) is 49.6 Å². The number of fused-ring (bicyclic) bond motifs is 1. The first-order chi connectivity index (χ1) is 13.2. The molecule has 3 heterocycles. The quantitative estimate of drug-likeness (QED) is 0.722. The van der Waals surface area contributed by atoms with Crippen molar-refractivity contribution in [1.82, 2.24) is 24.5 Å². The molecule has 1 aromatic carbocycles. The van der Waals surface area contributed by atoms with E-state index in [1.807, 2.05) is 33.8 Å². The number of aryl methyl sites for hydroxylation is 1. The van der Waals surface area contributed by atoms with Crippen LogP contribution in [0.15, 0.2) is 42.7 Å². The molecule has 0 amide bonds. The molecule has 0 unspecified atom stereocenters. The molecular formula is C20H25N5O2. The van der Waals surface area contributed by atoms with Crippen molar-refractivity contribution in [2.24, 2.45) is 0 Å². The summed E-state index contributed by atoms with van der Waals surface area (Å²) in [6.45, 7) is 4.33. The van der Waals surface area contributed by atoms with Crippen LogP contribution in [0.1, 0.15) is 28.9 Å². The molecule has 0 fully saturated rings. The first kappa shape index (κ1) is 17.8. The number of methoxy groups -OCH3 is 1. The van der Waals surface area contributed by atoms with Gasteiger partial charge in [0.15, 0.2) is 0 Å². The predicted molar refractivity (Wildman–Crippen MR) is 101 cm³/mol. The van der Waals surface area contributed by atoms with Gasteiger partial charge in [-0.2, -0.15) is 10.2 Å². The van der Waals surface area contributed by atoms with Gasteiger partial charge >= 0.3 is 0 Å². The van der Waals surface area contributed by atoms with Gasteiger partial charge in [0.25, 0.3) is 0 Å². The molecule has 4 rings (SSSR count). The molecule has 7 nitrogen and oxygen atoms in total. The van der Waals surface area contributed by atoms with Crippen LogP contribution in [0.4, 0.5) is 0 Å². The van der Waals surface area contributed by atoms with Gasteiger partial charge in [0.2, 0.25) is 0 Å². The summed E-state index contributed by atoms with van der Waals surface area (Å²) >= 11 is 0. The van der Waals surface area contributed by atoms with Crippen LogP contribution in [0.3, 0.4) is 0 Å². The molecule has 0 atom stereocenters. The van der Waals surface area contributed by atoms with E-state index >= 15 is 0 Å². The monoisotopic (exact) mass is 367 g/mol. The van der Waals surface area contributed by atoms with Crippen molar-refractivity contribution in [3.05, 3.63) is 65.2 Å². The summed E-state index contributed by atoms with van der Waals surface area (Å²) in [6, 6.07) is 10.3. The lowest BCUT2D eigenvalue weighted by Gasteiger charge is -2.20. The minimum atomic E-state index is -0.00469. The van der Waals surface area contributed by atoms with Crippen molar-refractivity contribution in [1.29, 1.82) is 0 Å². The number of aliphatic hydroxyl groups is 1. The number of benzene rings is 1. The van der Waals surface area contributed by atoms with E-state index in [4.69, 9.17) is 4.74 Å². The average Bonchev–Trinajstić information content (AvgIpc) is 3.28. The molecule has 27 heavy (non-hydrogen) atoms. The zero-order valence-corrected chi connectivity index (χ0v) is 15.6. The van der Waals surface area contributed by atoms with Crippen LogP contribution in [0, 0.1) is 0 Å². The van der Waals surface area contributed by atoms with Crippen LogP contribution in [0.5, 0.6) is 5.75 Å². The number of hydrogen-bond donors (Lipinski definition) is 1. The standard InChI is InChI=1S/C20H25N5O2/c1-27-20-5-4-16(10-17(20)13-24-8-2-6-21-24)12-23-7-3-9-25-19(14-23)11-18(15-26)22-25/h2,4-6,8,10-11,26H,3,7,9,12-15H2,1H3. The fourth-order valence-electron chi connectivity index (χ4n) is 3.68. The van der Waals surface area contributed by atoms with Crippen molar-refractivity contribution in [2.45, 2.75) is 39.2 Å². The molecule has 0 aliphatic carbocycles. The minimum Gasteiger partial charge on any atom is -0.496 e. The van der Waals surface area contributed by atoms with Crippen LogP contribution in [-0.4, -0.2) is 43.2 Å². The second-order valence-corrected chi connectivity index (χ2v) is 6.92. The molecule has 0 saturated carbocycles. The van der Waals surface area contributed by atoms with Crippen molar-refractivity contribution in [3.63, 3.8) is 0 Å². The third-order valence-electron chi connectivity index (χ3n) is 4.95. The Morgan fingerprint density at radius 1 is 1.19 bits per heavy atom. The van der Waals surface area contributed by atoms with Gasteiger partial charge in [0.05, 0.1) is 31.6 Å². The third-order valence-corrected chi connectivity index (χ3v) is 4.95. The van der Waals surface area contributed by atoms with E-state index in [-0.39, 0.29) is 6.61 Å². The highest BCUT2D eigenvalue weighted by Gasteiger charge is 2.17. The number of aromatic nitrogens is 4. The molecule has 0 saturated heterocycles. The average molecular weight is 367 g/mol. The third kappa shape index (κ3) is 4.04. The van der Waals surface area contributed by atoms with E-state index in [1.54, 1.807) is 13.3 Å². The first-order valence-electron chi connectivity index (χ1n) is 9.27. The zero-order chi connectivity index (χ0) is 18.6. The molecule has 2 aromatic heterocycles. The Balaban J connectivity index is 1.51. The number of rotatable bonds is 6. The highest BCUT2D eigenvalue weighted by molar-refractivity contribution is 5.37. The van der Waals surface area contributed by atoms with Crippen molar-refractivity contribution in [3.8, 4) is 5.75 Å². The minimum absolute atomic E-state index is 0.00469. The lowest BCUT2D eigenvalue weighted by atomic mass is 10.1. The van der Waals surface area contributed by atoms with Crippen LogP contribution < -0.4 is 4.74 Å². The maximum absolute atomic E-state index is 9.34. The van der Waals surface area contributed by atoms with Crippen molar-refractivity contribution < 1.29 is 9.84 Å². The maximum Gasteiger partial charge on any atom is 0.123 e. The molecule has 3 aromatic rings. The van der Waals surface area contributed by atoms with E-state index < -0.39 is 0 Å². The van der Waals surface area contributed by atoms with Gasteiger partial charge < -0.3 is 9.84 Å². The van der Waals surface area contributed by atoms with Crippen LogP contribution in [0.25, 0.3) is 0 Å². The molecule has 1 N–H and O–H groups in total. The van der Waals surface area contributed by atoms with E-state index in [1.165, 1.54) is 11.3 Å². The maximum atomic E-state index is 9.34. The lowest BCUT2D eigenvalue weighted by molar-refractivity contribution is 0.259. The molecule has 0 spiro atoms. The van der Waals surface area contributed by atoms with Crippen LogP contribution >= 0.6 is 0 Å². The molecule has 7 heteroatoms. The van der Waals surface area contributed by atoms with E-state index in [0.29, 0.717) is 6.54 Å². The van der Waals surface area contributed by atoms with Crippen LogP contribution in [-0.2, 0) is 32.8 Å². The fourth-order valence-corrected chi connectivity index (χ4v) is 3.68. The van der Waals surface area contributed by atoms with Gasteiger partial charge in [-0.05, 0) is 36.2 Å². The number of nitrogens with zero attached hydrogens (tertiary/aromatic N) is 5. The molecule has 0 radical (unpaired) electrons. The number of aliphatic hydroxyl groups excluding tert-OH is 1. The van der Waals surface area contributed by atoms with Gasteiger partial charge in [0, 0.05) is 44.1 Å². The second kappa shape index (κ2) is 7.94. The van der Waals surface area contributed by atoms with Gasteiger partial charge in [-0.1, -0.05) is 6.07 Å². The Morgan fingerprint density at radius 3 is 2.89 bits per heavy atom. The van der Waals surface area contributed by atoms with Gasteiger partial charge in [-0.25, -0.2) is 0 Å². The van der Waals surface area contributed by atoms with Gasteiger partial charge in [-0.15, -0.1) is 0 Å². The number of hydrogen-bond acceptors (Lipinski definition) is 5. The summed E-state index contributed by atoms with van der Waals surface area (Å²) < 4.78 is 9.47. The highest BCUT2D eigenvalue weighted by atomic mass is 16.5. The Kier molecular flexibility index (Phi) is 5.22. The summed E-state index contributed by atoms with van der Waals surface area (Å²) in [6.07, 6.45) is 4.80. The fraction of sp³-hybridized carbons (Fsp3) is 0.400. The summed E-state index contributed by atoms with van der Waals surface area (Å²) in [5, 5.41) is 18.1. The van der Waals surface area contributed by atoms with Crippen molar-refractivity contribution in [2.75, 3.05) is 13.7 Å². The van der Waals surface area contributed by atoms with Crippen molar-refractivity contribution >= 4 is 0 Å². The topological polar surface area (TPSA) is 68.3 Å². The SMILES string of the molecule is COc1ccc(CN2CCCn3nc(CO)cc3C2)cc1Cn1cccn1. The summed E-state index contributed by atoms with van der Waals surface area (Å²) in [7, 11) is 1.70. The number of ether oxygens (including phenoxy) is 1. The molecule has 1 aliphatic heterocycles. The van der Waals surface area contributed by atoms with Crippen LogP contribution in [0.2, 0.25) is 0 Å². The Morgan fingerprint density at radius 2 is 2.11 bits per heavy atom. The molecule has 0 bridgehead atoms. The van der Waals surface area contributed by atoms with E-state index in [9.17, 15) is 5.11 Å². The van der Waals surface area contributed by atoms with E-state index in [2.05, 4.69) is 27.2 Å². The Bertz CT molecular complexity index is 888. The smallest absolute Gasteiger partial charge is 0.123 e. The largest absolute Gasteiger partial charge is 0.496 e. The molecule has 1 aliphatic rings. The normalized spacial score (nSPS) is 14.7. The first-order valence-corrected chi connectivity index (χ1v) is 9.27. The summed E-state index contributed by atoms with van der Waals surface area (Å²) in [5.74, 6) is 0.885.